The van der Waals surface area contributed by atoms with Gasteiger partial charge in [0.1, 0.15) is 23.0 Å². The summed E-state index contributed by atoms with van der Waals surface area (Å²) in [4.78, 5) is 0. The average molecular weight is 1860 g/mol. The molecule has 2 N–H and O–H groups in total. The van der Waals surface area contributed by atoms with E-state index in [4.69, 9.17) is 90.2 Å². The predicted octanol–water partition coefficient (Wildman–Crippen LogP) is 29.4. The van der Waals surface area contributed by atoms with Crippen LogP contribution in [0.2, 0.25) is 20.1 Å². The first-order chi connectivity index (χ1) is 44.8. The Balaban J connectivity index is 0.00000194. The number of hydrogen-bond acceptors (Lipinski definition) is 4. The SMILES string of the molecule is CC(C)(C)CC(C)(C)c1cc(-c2cc(Cl)cc(Cl)c2OCCCOc2c(Cl)cc(Cl)cc2-c2cc(C(C)(C)CC(C)(C)C)cc(-n3c4ccc(C(C)(C)C)cc4c4cc(C(C)(C)C)ccc43)c2O)c(O)c(-n2c3ccc(C(C)(C)C)cc3c3cc(C(C)(C)C)ccc32)c1.[CH3-].[CH3-].[Cl][Hf]([Cl])([Cl])[Cl].[Hf]. The number of phenolic OH excluding ortho intramolecular Hbond substituents is 2. The molecule has 0 unspecified atom stereocenters. The Morgan fingerprint density at radius 3 is 0.851 bits per heavy atom. The minimum atomic E-state index is -3.39. The van der Waals surface area contributed by atoms with Gasteiger partial charge in [-0.1, -0.05) is 223 Å². The summed E-state index contributed by atoms with van der Waals surface area (Å²) >= 11 is 25.1. The minimum Gasteiger partial charge on any atom is 0 e. The van der Waals surface area contributed by atoms with E-state index in [0.29, 0.717) is 71.6 Å². The van der Waals surface area contributed by atoms with Crippen LogP contribution in [-0.2, 0) is 73.6 Å². The molecule has 10 rings (SSSR count). The second-order valence-electron chi connectivity index (χ2n) is 34.6. The van der Waals surface area contributed by atoms with Crippen molar-refractivity contribution < 1.29 is 60.8 Å². The van der Waals surface area contributed by atoms with Crippen molar-refractivity contribution >= 4 is 124 Å². The predicted molar refractivity (Wildman–Crippen MR) is 437 cm³/mol. The molecule has 0 saturated carbocycles. The number of halogens is 8. The summed E-state index contributed by atoms with van der Waals surface area (Å²) in [7, 11) is 20.2. The number of rotatable bonds is 14. The fraction of sp³-hybridized carbons (Fsp3) is 0.412. The van der Waals surface area contributed by atoms with Crippen molar-refractivity contribution in [2.45, 2.75) is 204 Å². The summed E-state index contributed by atoms with van der Waals surface area (Å²) in [5.74, 6) is 0.901. The monoisotopic (exact) mass is 1860 g/mol. The van der Waals surface area contributed by atoms with Crippen molar-refractivity contribution in [3.05, 3.63) is 190 Å². The number of nitrogens with zero attached hydrogens (tertiary/aromatic N) is 2. The molecule has 2 aromatic heterocycles. The van der Waals surface area contributed by atoms with Crippen LogP contribution in [0.25, 0.3) is 77.2 Å². The molecule has 0 saturated heterocycles. The van der Waals surface area contributed by atoms with Gasteiger partial charge in [-0.25, -0.2) is 0 Å². The van der Waals surface area contributed by atoms with Crippen molar-refractivity contribution in [3.8, 4) is 56.6 Å². The molecule has 2 heterocycles. The topological polar surface area (TPSA) is 68.8 Å². The fourth-order valence-corrected chi connectivity index (χ4v) is 15.4. The van der Waals surface area contributed by atoms with Crippen LogP contribution in [0.3, 0.4) is 0 Å². The molecule has 8 aromatic carbocycles. The smallest absolute Gasteiger partial charge is 0 e. The molecule has 0 bridgehead atoms. The van der Waals surface area contributed by atoms with Crippen LogP contribution in [-0.4, -0.2) is 32.6 Å². The Kier molecular flexibility index (Phi) is 26.9. The van der Waals surface area contributed by atoms with Gasteiger partial charge in [-0.2, -0.15) is 0 Å². The maximum absolute atomic E-state index is 13.2. The number of benzene rings is 8. The summed E-state index contributed by atoms with van der Waals surface area (Å²) < 4.78 is 18.1. The van der Waals surface area contributed by atoms with Crippen LogP contribution in [0.5, 0.6) is 23.0 Å². The van der Waals surface area contributed by atoms with E-state index in [1.807, 2.05) is 12.1 Å². The second kappa shape index (κ2) is 31.4. The van der Waals surface area contributed by atoms with Crippen molar-refractivity contribution in [3.63, 3.8) is 0 Å². The van der Waals surface area contributed by atoms with Crippen LogP contribution >= 0.6 is 80.7 Å². The number of ether oxygens (including phenoxy) is 2. The molecular formula is C85H104Cl8Hf2N2O4-2. The molecule has 0 aliphatic carbocycles. The van der Waals surface area contributed by atoms with Crippen LogP contribution in [0.15, 0.2) is 121 Å². The maximum atomic E-state index is 13.2. The summed E-state index contributed by atoms with van der Waals surface area (Å²) in [6, 6.07) is 42.5. The number of hydrogen-bond donors (Lipinski definition) is 2. The molecule has 6 nitrogen and oxygen atoms in total. The van der Waals surface area contributed by atoms with E-state index in [9.17, 15) is 10.2 Å². The van der Waals surface area contributed by atoms with Gasteiger partial charge in [0.05, 0.1) is 56.7 Å². The molecule has 0 aliphatic heterocycles. The summed E-state index contributed by atoms with van der Waals surface area (Å²) in [5, 5.41) is 32.2. The normalized spacial score (nSPS) is 12.9. The molecular weight excluding hydrogens is 1750 g/mol. The van der Waals surface area contributed by atoms with E-state index in [1.54, 1.807) is 12.1 Å². The molecule has 0 aliphatic rings. The van der Waals surface area contributed by atoms with Gasteiger partial charge in [0.15, 0.2) is 0 Å². The average Bonchev–Trinajstić information content (AvgIpc) is 1.52. The van der Waals surface area contributed by atoms with Crippen LogP contribution < -0.4 is 9.47 Å². The summed E-state index contributed by atoms with van der Waals surface area (Å²) in [6.45, 7) is 50.0. The zero-order chi connectivity index (χ0) is 72.9. The van der Waals surface area contributed by atoms with E-state index >= 15 is 0 Å². The van der Waals surface area contributed by atoms with E-state index in [1.165, 1.54) is 22.3 Å². The van der Waals surface area contributed by atoms with Crippen LogP contribution in [0, 0.1) is 25.7 Å². The third-order valence-electron chi connectivity index (χ3n) is 18.5. The Morgan fingerprint density at radius 2 is 0.614 bits per heavy atom. The number of aromatic nitrogens is 2. The van der Waals surface area contributed by atoms with Gasteiger partial charge in [-0.3, -0.25) is 0 Å². The Hall–Kier alpha value is -3.38. The van der Waals surface area contributed by atoms with Gasteiger partial charge < -0.3 is 43.7 Å². The second-order valence-corrected chi connectivity index (χ2v) is 67.5. The Bertz CT molecular complexity index is 4250. The molecule has 0 atom stereocenters. The van der Waals surface area contributed by atoms with Crippen molar-refractivity contribution in [2.24, 2.45) is 10.8 Å². The van der Waals surface area contributed by atoms with Crippen LogP contribution in [0.4, 0.5) is 0 Å². The first-order valence-corrected chi connectivity index (χ1v) is 53.1. The standard InChI is InChI=1S/C83H98Cl4N2O4.2CH3.4ClH.2Hf/c1-76(2,3)46-82(19,20)52-38-60(72(90)70(40-52)88-66-28-24-48(78(7,8)9)34-56(66)57-35-49(79(10,11)12)25-29-67(57)88)62-42-54(84)44-64(86)74(62)92-32-23-33-93-75-63(43-55(85)45-65(75)87)61-39-53(83(21,22)47-77(4,5)6)41-71(73(61)91)89-68-30-26-50(80(13,14)15)36-58(68)59-37-51(81(16,17)18)27-31-69(59)89;;;;;;;;/h24-31,34-45,90-91H,23,32-33,46-47H2,1-22H3;2*1H3;4*1H;;/q;2*-1;;;;;;+4/p-4. The third kappa shape index (κ3) is 19.9. The fourth-order valence-electron chi connectivity index (χ4n) is 14.3. The van der Waals surface area contributed by atoms with Crippen molar-refractivity contribution in [2.75, 3.05) is 13.2 Å². The van der Waals surface area contributed by atoms with E-state index < -0.39 is 15.2 Å². The van der Waals surface area contributed by atoms with Crippen molar-refractivity contribution in [1.29, 1.82) is 0 Å². The molecule has 0 spiro atoms. The van der Waals surface area contributed by atoms with Gasteiger partial charge in [0, 0.05) is 86.1 Å². The molecule has 0 radical (unpaired) electrons. The number of phenols is 2. The number of fused-ring (bicyclic) bond motifs is 6. The zero-order valence-corrected chi connectivity index (χ0v) is 76.9. The van der Waals surface area contributed by atoms with Gasteiger partial charge in [-0.15, -0.1) is 0 Å². The summed E-state index contributed by atoms with van der Waals surface area (Å²) in [6.07, 6.45) is 2.12. The van der Waals surface area contributed by atoms with E-state index in [0.717, 1.165) is 67.6 Å². The molecule has 0 amide bonds. The Morgan fingerprint density at radius 1 is 0.356 bits per heavy atom. The minimum absolute atomic E-state index is 0. The zero-order valence-electron chi connectivity index (χ0n) is 63.7. The van der Waals surface area contributed by atoms with Crippen molar-refractivity contribution in [1.82, 2.24) is 9.13 Å². The first kappa shape index (κ1) is 86.5. The maximum Gasteiger partial charge on any atom is 0 e. The number of aromatic hydroxyl groups is 2. The Labute approximate surface area is 661 Å². The molecule has 0 fully saturated rings. The van der Waals surface area contributed by atoms with Gasteiger partial charge in [-0.05, 0) is 187 Å². The largest absolute Gasteiger partial charge is 0 e. The molecule has 544 valence electrons. The quantitative estimate of drug-likeness (QED) is 0.0647. The van der Waals surface area contributed by atoms with Gasteiger partial charge in [0.2, 0.25) is 0 Å². The third-order valence-corrected chi connectivity index (χ3v) is 19.5. The molecule has 10 aromatic rings. The van der Waals surface area contributed by atoms with E-state index in [2.05, 4.69) is 259 Å². The first-order valence-electron chi connectivity index (χ1n) is 33.8. The van der Waals surface area contributed by atoms with E-state index in [-0.39, 0.29) is 109 Å². The van der Waals surface area contributed by atoms with Gasteiger partial charge in [0.25, 0.3) is 0 Å². The summed E-state index contributed by atoms with van der Waals surface area (Å²) in [5.41, 5.74) is 13.3. The van der Waals surface area contributed by atoms with Gasteiger partial charge >= 0.3 is 49.5 Å². The van der Waals surface area contributed by atoms with Crippen LogP contribution in [0.1, 0.15) is 205 Å². The molecule has 16 heteroatoms. The molecule has 101 heavy (non-hydrogen) atoms.